The van der Waals surface area contributed by atoms with Crippen molar-refractivity contribution in [2.24, 2.45) is 9.98 Å². The minimum atomic E-state index is 0.0816. The zero-order valence-electron chi connectivity index (χ0n) is 26.9. The van der Waals surface area contributed by atoms with Crippen LogP contribution in [0, 0.1) is 5.41 Å². The summed E-state index contributed by atoms with van der Waals surface area (Å²) in [6.07, 6.45) is 1.79. The highest BCUT2D eigenvalue weighted by Gasteiger charge is 2.17. The molecule has 0 amide bonds. The lowest BCUT2D eigenvalue weighted by molar-refractivity contribution is 0.668. The van der Waals surface area contributed by atoms with Gasteiger partial charge in [-0.2, -0.15) is 0 Å². The summed E-state index contributed by atoms with van der Waals surface area (Å²) in [7, 11) is 0. The van der Waals surface area contributed by atoms with Gasteiger partial charge in [-0.1, -0.05) is 127 Å². The molecule has 5 heteroatoms. The van der Waals surface area contributed by atoms with E-state index in [2.05, 4.69) is 48.5 Å². The first-order valence-electron chi connectivity index (χ1n) is 16.5. The lowest BCUT2D eigenvalue weighted by Crippen LogP contribution is -2.05. The quantitative estimate of drug-likeness (QED) is 0.150. The molecule has 50 heavy (non-hydrogen) atoms. The molecule has 0 saturated carbocycles. The topological polar surface area (TPSA) is 74.8 Å². The Labute approximate surface area is 288 Å². The highest BCUT2D eigenvalue weighted by atomic mass is 16.3. The maximum absolute atomic E-state index is 9.26. The van der Waals surface area contributed by atoms with Gasteiger partial charge in [0.2, 0.25) is 0 Å². The molecule has 0 atom stereocenters. The van der Waals surface area contributed by atoms with Crippen molar-refractivity contribution in [3.8, 4) is 22.3 Å². The number of nitrogens with one attached hydrogen (secondary N) is 1. The fourth-order valence-corrected chi connectivity index (χ4v) is 6.61. The van der Waals surface area contributed by atoms with Crippen molar-refractivity contribution in [1.29, 1.82) is 5.41 Å². The van der Waals surface area contributed by atoms with Crippen LogP contribution < -0.4 is 0 Å². The summed E-state index contributed by atoms with van der Waals surface area (Å²) in [5.41, 5.74) is 9.77. The molecule has 2 aromatic heterocycles. The van der Waals surface area contributed by atoms with E-state index in [1.165, 1.54) is 0 Å². The first-order chi connectivity index (χ1) is 24.7. The van der Waals surface area contributed by atoms with Gasteiger partial charge in [0.05, 0.1) is 5.56 Å². The molecule has 9 aromatic rings. The molecule has 0 fully saturated rings. The molecule has 0 spiro atoms. The Kier molecular flexibility index (Phi) is 7.21. The van der Waals surface area contributed by atoms with Crippen molar-refractivity contribution in [2.75, 3.05) is 0 Å². The molecular weight excluding hydrogens is 615 g/mol. The number of hydrogen-bond acceptors (Lipinski definition) is 3. The Balaban J connectivity index is 1.16. The maximum atomic E-state index is 9.26. The van der Waals surface area contributed by atoms with Crippen LogP contribution in [-0.4, -0.2) is 17.9 Å². The SMILES string of the molecule is N=C(N=C(N=Cc1ccc(-c2ccccc2)cc1)c1cccc2c1oc1ccccc12)c1ccc2oc3cccc(-c4ccccc4)c3c2c1. The van der Waals surface area contributed by atoms with Crippen LogP contribution in [0.15, 0.2) is 183 Å². The Hall–Kier alpha value is -6.85. The first-order valence-corrected chi connectivity index (χ1v) is 16.5. The fourth-order valence-electron chi connectivity index (χ4n) is 6.61. The van der Waals surface area contributed by atoms with E-state index < -0.39 is 0 Å². The number of para-hydroxylation sites is 2. The van der Waals surface area contributed by atoms with E-state index in [1.54, 1.807) is 6.21 Å². The normalized spacial score (nSPS) is 12.1. The molecule has 0 unspecified atom stereocenters. The summed E-state index contributed by atoms with van der Waals surface area (Å²) >= 11 is 0. The molecule has 0 aliphatic heterocycles. The number of hydrogen-bond donors (Lipinski definition) is 1. The maximum Gasteiger partial charge on any atom is 0.165 e. The molecule has 0 radical (unpaired) electrons. The van der Waals surface area contributed by atoms with Gasteiger partial charge in [-0.25, -0.2) is 9.98 Å². The highest BCUT2D eigenvalue weighted by Crippen LogP contribution is 2.37. The third-order valence-electron chi connectivity index (χ3n) is 9.07. The molecule has 236 valence electrons. The van der Waals surface area contributed by atoms with Crippen LogP contribution in [-0.2, 0) is 0 Å². The summed E-state index contributed by atoms with van der Waals surface area (Å²) < 4.78 is 12.6. The Morgan fingerprint density at radius 2 is 1.18 bits per heavy atom. The van der Waals surface area contributed by atoms with E-state index >= 15 is 0 Å². The lowest BCUT2D eigenvalue weighted by atomic mass is 9.99. The molecule has 0 bridgehead atoms. The molecule has 0 aliphatic rings. The Morgan fingerprint density at radius 3 is 2.00 bits per heavy atom. The summed E-state index contributed by atoms with van der Waals surface area (Å²) in [5, 5.41) is 13.2. The Morgan fingerprint density at radius 1 is 0.520 bits per heavy atom. The van der Waals surface area contributed by atoms with Crippen molar-refractivity contribution < 1.29 is 8.83 Å². The zero-order valence-corrected chi connectivity index (χ0v) is 26.9. The van der Waals surface area contributed by atoms with Crippen LogP contribution in [0.3, 0.4) is 0 Å². The predicted octanol–water partition coefficient (Wildman–Crippen LogP) is 11.7. The van der Waals surface area contributed by atoms with Gasteiger partial charge in [0.1, 0.15) is 22.3 Å². The van der Waals surface area contributed by atoms with Gasteiger partial charge < -0.3 is 8.83 Å². The standard InChI is InChI=1S/C45H29N3O2/c46-44(33-25-26-40-38(27-33)42-34(16-10-20-41(42)49-40)32-13-5-2-6-14-32)48-45(37-18-9-17-36-35-15-7-8-19-39(35)50-43(36)37)47-28-29-21-23-31(24-22-29)30-11-3-1-4-12-30/h1-28,46H. The monoisotopic (exact) mass is 643 g/mol. The number of aliphatic imine (C=N–C) groups is 2. The molecule has 2 heterocycles. The van der Waals surface area contributed by atoms with Crippen LogP contribution in [0.5, 0.6) is 0 Å². The second-order valence-electron chi connectivity index (χ2n) is 12.2. The van der Waals surface area contributed by atoms with Gasteiger partial charge in [-0.15, -0.1) is 0 Å². The van der Waals surface area contributed by atoms with E-state index in [0.29, 0.717) is 22.5 Å². The van der Waals surface area contributed by atoms with Gasteiger partial charge >= 0.3 is 0 Å². The number of fused-ring (bicyclic) bond motifs is 6. The summed E-state index contributed by atoms with van der Waals surface area (Å²) in [6, 6.07) is 54.7. The minimum absolute atomic E-state index is 0.0816. The molecule has 9 rings (SSSR count). The number of furan rings is 2. The van der Waals surface area contributed by atoms with Crippen LogP contribution >= 0.6 is 0 Å². The van der Waals surface area contributed by atoms with Gasteiger partial charge in [0.15, 0.2) is 11.7 Å². The van der Waals surface area contributed by atoms with Gasteiger partial charge in [-0.05, 0) is 64.2 Å². The van der Waals surface area contributed by atoms with Crippen LogP contribution in [0.4, 0.5) is 0 Å². The summed E-state index contributed by atoms with van der Waals surface area (Å²) in [4.78, 5) is 9.79. The van der Waals surface area contributed by atoms with Gasteiger partial charge in [0, 0.05) is 33.3 Å². The third-order valence-corrected chi connectivity index (χ3v) is 9.07. The zero-order chi connectivity index (χ0) is 33.4. The average molecular weight is 644 g/mol. The van der Waals surface area contributed by atoms with Gasteiger partial charge in [0.25, 0.3) is 0 Å². The molecule has 0 aliphatic carbocycles. The fraction of sp³-hybridized carbons (Fsp3) is 0. The van der Waals surface area contributed by atoms with Gasteiger partial charge in [-0.3, -0.25) is 5.41 Å². The Bertz CT molecular complexity index is 2750. The lowest BCUT2D eigenvalue weighted by Gasteiger charge is -2.06. The van der Waals surface area contributed by atoms with E-state index in [4.69, 9.17) is 18.8 Å². The number of nitrogens with zero attached hydrogens (tertiary/aromatic N) is 2. The third kappa shape index (κ3) is 5.27. The second-order valence-corrected chi connectivity index (χ2v) is 12.2. The van der Waals surface area contributed by atoms with Crippen LogP contribution in [0.1, 0.15) is 16.7 Å². The van der Waals surface area contributed by atoms with E-state index in [9.17, 15) is 5.41 Å². The largest absolute Gasteiger partial charge is 0.456 e. The molecule has 5 nitrogen and oxygen atoms in total. The second kappa shape index (κ2) is 12.3. The van der Waals surface area contributed by atoms with Crippen LogP contribution in [0.25, 0.3) is 66.1 Å². The summed E-state index contributed by atoms with van der Waals surface area (Å²) in [6.45, 7) is 0. The minimum Gasteiger partial charge on any atom is -0.456 e. The highest BCUT2D eigenvalue weighted by molar-refractivity contribution is 6.21. The van der Waals surface area contributed by atoms with Crippen LogP contribution in [0.2, 0.25) is 0 Å². The first kappa shape index (κ1) is 29.3. The molecular formula is C45H29N3O2. The van der Waals surface area contributed by atoms with E-state index in [1.807, 2.05) is 115 Å². The van der Waals surface area contributed by atoms with Crippen molar-refractivity contribution in [1.82, 2.24) is 0 Å². The van der Waals surface area contributed by atoms with Crippen molar-refractivity contribution in [3.05, 3.63) is 180 Å². The van der Waals surface area contributed by atoms with E-state index in [-0.39, 0.29) is 5.84 Å². The van der Waals surface area contributed by atoms with Crippen molar-refractivity contribution in [2.45, 2.75) is 0 Å². The van der Waals surface area contributed by atoms with E-state index in [0.717, 1.165) is 66.1 Å². The van der Waals surface area contributed by atoms with Crippen molar-refractivity contribution in [3.63, 3.8) is 0 Å². The number of rotatable bonds is 5. The average Bonchev–Trinajstić information content (AvgIpc) is 3.76. The molecule has 1 N–H and O–H groups in total. The molecule has 0 saturated heterocycles. The smallest absolute Gasteiger partial charge is 0.165 e. The number of benzene rings is 7. The number of amidine groups is 2. The predicted molar refractivity (Wildman–Crippen MR) is 206 cm³/mol. The van der Waals surface area contributed by atoms with Crippen molar-refractivity contribution >= 4 is 61.8 Å². The summed E-state index contributed by atoms with van der Waals surface area (Å²) in [5.74, 6) is 0.465. The molecule has 7 aromatic carbocycles.